The van der Waals surface area contributed by atoms with Crippen LogP contribution in [0.4, 0.5) is 0 Å². The lowest BCUT2D eigenvalue weighted by Crippen LogP contribution is -2.22. The number of hydrogen-bond donors (Lipinski definition) is 0. The predicted molar refractivity (Wildman–Crippen MR) is 99.6 cm³/mol. The first-order valence-electron chi connectivity index (χ1n) is 9.30. The summed E-state index contributed by atoms with van der Waals surface area (Å²) in [6.07, 6.45) is 3.38. The molecule has 6 heteroatoms. The summed E-state index contributed by atoms with van der Waals surface area (Å²) in [5, 5.41) is 0.979. The van der Waals surface area contributed by atoms with Gasteiger partial charge < -0.3 is 13.9 Å². The van der Waals surface area contributed by atoms with E-state index in [1.165, 1.54) is 0 Å². The highest BCUT2D eigenvalue weighted by molar-refractivity contribution is 5.83. The summed E-state index contributed by atoms with van der Waals surface area (Å²) in [5.74, 6) is 2.15. The number of aryl methyl sites for hydroxylation is 3. The Morgan fingerprint density at radius 3 is 2.89 bits per heavy atom. The van der Waals surface area contributed by atoms with E-state index in [-0.39, 0.29) is 11.7 Å². The van der Waals surface area contributed by atoms with Gasteiger partial charge in [0, 0.05) is 28.6 Å². The maximum Gasteiger partial charge on any atom is 0.339 e. The molecule has 138 valence electrons. The van der Waals surface area contributed by atoms with Gasteiger partial charge in [-0.1, -0.05) is 0 Å². The second-order valence-electron chi connectivity index (χ2n) is 7.25. The minimum absolute atomic E-state index is 0.0788. The van der Waals surface area contributed by atoms with Crippen LogP contribution in [0.2, 0.25) is 0 Å². The summed E-state index contributed by atoms with van der Waals surface area (Å²) < 4.78 is 17.4. The molecule has 3 heterocycles. The van der Waals surface area contributed by atoms with Crippen molar-refractivity contribution < 1.29 is 13.9 Å². The lowest BCUT2D eigenvalue weighted by Gasteiger charge is -2.13. The third-order valence-electron chi connectivity index (χ3n) is 5.38. The van der Waals surface area contributed by atoms with Crippen molar-refractivity contribution in [1.82, 2.24) is 9.97 Å². The van der Waals surface area contributed by atoms with Gasteiger partial charge in [-0.05, 0) is 56.9 Å². The van der Waals surface area contributed by atoms with E-state index in [1.807, 2.05) is 32.0 Å². The van der Waals surface area contributed by atoms with Gasteiger partial charge in [-0.2, -0.15) is 4.98 Å². The molecule has 2 aromatic heterocycles. The second kappa shape index (κ2) is 6.08. The molecule has 27 heavy (non-hydrogen) atoms. The average Bonchev–Trinajstić information content (AvgIpc) is 3.27. The van der Waals surface area contributed by atoms with E-state index >= 15 is 0 Å². The fraction of sp³-hybridized carbons (Fsp3) is 0.381. The molecule has 1 unspecified atom stereocenters. The minimum atomic E-state index is -0.201. The summed E-state index contributed by atoms with van der Waals surface area (Å²) in [6, 6.07) is 5.62. The zero-order valence-electron chi connectivity index (χ0n) is 15.4. The zero-order valence-corrected chi connectivity index (χ0v) is 15.4. The van der Waals surface area contributed by atoms with E-state index in [0.29, 0.717) is 18.1 Å². The molecule has 2 aliphatic rings. The molecule has 6 nitrogen and oxygen atoms in total. The van der Waals surface area contributed by atoms with Crippen LogP contribution in [0, 0.1) is 13.8 Å². The Morgan fingerprint density at radius 2 is 2.00 bits per heavy atom. The molecule has 0 radical (unpaired) electrons. The molecule has 0 saturated carbocycles. The van der Waals surface area contributed by atoms with Crippen molar-refractivity contribution in [3.05, 3.63) is 56.8 Å². The van der Waals surface area contributed by atoms with E-state index in [0.717, 1.165) is 65.0 Å². The van der Waals surface area contributed by atoms with Crippen LogP contribution < -0.4 is 15.1 Å². The molecule has 1 aliphatic heterocycles. The number of ether oxygens (including phenoxy) is 2. The topological polar surface area (TPSA) is 74.5 Å². The van der Waals surface area contributed by atoms with Crippen molar-refractivity contribution in [2.75, 3.05) is 6.61 Å². The van der Waals surface area contributed by atoms with E-state index in [2.05, 4.69) is 9.97 Å². The zero-order chi connectivity index (χ0) is 18.5. The molecule has 5 rings (SSSR count). The number of aromatic nitrogens is 2. The molecule has 0 bridgehead atoms. The molecular formula is C21H20N2O4. The Bertz CT molecular complexity index is 1120. The minimum Gasteiger partial charge on any atom is -0.490 e. The Hall–Kier alpha value is -2.89. The first-order chi connectivity index (χ1) is 13.1. The predicted octanol–water partition coefficient (Wildman–Crippen LogP) is 3.07. The number of rotatable bonds is 3. The van der Waals surface area contributed by atoms with Gasteiger partial charge in [0.2, 0.25) is 5.88 Å². The third kappa shape index (κ3) is 2.76. The van der Waals surface area contributed by atoms with Crippen LogP contribution in [0.1, 0.15) is 34.6 Å². The summed E-state index contributed by atoms with van der Waals surface area (Å²) in [7, 11) is 0. The number of fused-ring (bicyclic) bond motifs is 4. The van der Waals surface area contributed by atoms with E-state index in [4.69, 9.17) is 13.9 Å². The molecule has 0 spiro atoms. The Morgan fingerprint density at radius 1 is 1.15 bits per heavy atom. The van der Waals surface area contributed by atoms with Gasteiger partial charge in [-0.3, -0.25) is 0 Å². The molecule has 0 saturated heterocycles. The van der Waals surface area contributed by atoms with Crippen LogP contribution in [0.3, 0.4) is 0 Å². The fourth-order valence-electron chi connectivity index (χ4n) is 4.10. The van der Waals surface area contributed by atoms with Gasteiger partial charge in [-0.15, -0.1) is 0 Å². The maximum atomic E-state index is 12.0. The van der Waals surface area contributed by atoms with Crippen LogP contribution in [0.15, 0.2) is 27.4 Å². The van der Waals surface area contributed by atoms with Crippen molar-refractivity contribution >= 4 is 11.0 Å². The van der Waals surface area contributed by atoms with Gasteiger partial charge >= 0.3 is 5.63 Å². The molecule has 1 atom stereocenters. The second-order valence-corrected chi connectivity index (χ2v) is 7.25. The Balaban J connectivity index is 1.36. The highest BCUT2D eigenvalue weighted by Crippen LogP contribution is 2.31. The first-order valence-corrected chi connectivity index (χ1v) is 9.30. The molecule has 1 aliphatic carbocycles. The van der Waals surface area contributed by atoms with Crippen molar-refractivity contribution in [2.45, 2.75) is 45.6 Å². The SMILES string of the molecule is Cc1nc(C)c2c(n1)OC(COc1ccc3oc(=O)c4c(c3c1)CCC4)C2. The standard InChI is InChI=1S/C21H20N2O4/c1-11-17-9-14(26-20(17)23-12(2)22-11)10-25-13-6-7-19-18(8-13)15-4-3-5-16(15)21(24)27-19/h6-8,14H,3-5,9-10H2,1-2H3. The largest absolute Gasteiger partial charge is 0.490 e. The normalized spacial score (nSPS) is 17.6. The van der Waals surface area contributed by atoms with Gasteiger partial charge in [-0.25, -0.2) is 9.78 Å². The van der Waals surface area contributed by atoms with Crippen LogP contribution in [-0.4, -0.2) is 22.7 Å². The summed E-state index contributed by atoms with van der Waals surface area (Å²) >= 11 is 0. The van der Waals surface area contributed by atoms with Crippen molar-refractivity contribution in [3.8, 4) is 11.6 Å². The van der Waals surface area contributed by atoms with Crippen LogP contribution >= 0.6 is 0 Å². The highest BCUT2D eigenvalue weighted by atomic mass is 16.5. The Labute approximate surface area is 156 Å². The number of benzene rings is 1. The van der Waals surface area contributed by atoms with Crippen LogP contribution in [0.25, 0.3) is 11.0 Å². The summed E-state index contributed by atoms with van der Waals surface area (Å²) in [5.41, 5.74) is 4.38. The third-order valence-corrected chi connectivity index (χ3v) is 5.38. The van der Waals surface area contributed by atoms with E-state index < -0.39 is 0 Å². The van der Waals surface area contributed by atoms with Crippen LogP contribution in [0.5, 0.6) is 11.6 Å². The molecule has 0 amide bonds. The molecule has 0 N–H and O–H groups in total. The van der Waals surface area contributed by atoms with Crippen molar-refractivity contribution in [3.63, 3.8) is 0 Å². The van der Waals surface area contributed by atoms with Gasteiger partial charge in [0.05, 0.1) is 0 Å². The first kappa shape index (κ1) is 16.3. The number of hydrogen-bond acceptors (Lipinski definition) is 6. The van der Waals surface area contributed by atoms with Crippen LogP contribution in [-0.2, 0) is 19.3 Å². The van der Waals surface area contributed by atoms with E-state index in [1.54, 1.807) is 0 Å². The Kier molecular flexibility index (Phi) is 3.67. The smallest absolute Gasteiger partial charge is 0.339 e. The van der Waals surface area contributed by atoms with Crippen molar-refractivity contribution in [1.29, 1.82) is 0 Å². The molecule has 3 aromatic rings. The van der Waals surface area contributed by atoms with Gasteiger partial charge in [0.25, 0.3) is 0 Å². The fourth-order valence-corrected chi connectivity index (χ4v) is 4.10. The molecule has 0 fully saturated rings. The summed E-state index contributed by atoms with van der Waals surface area (Å²) in [6.45, 7) is 4.28. The quantitative estimate of drug-likeness (QED) is 0.665. The van der Waals surface area contributed by atoms with Gasteiger partial charge in [0.1, 0.15) is 29.9 Å². The maximum absolute atomic E-state index is 12.0. The average molecular weight is 364 g/mol. The van der Waals surface area contributed by atoms with Crippen molar-refractivity contribution in [2.24, 2.45) is 0 Å². The van der Waals surface area contributed by atoms with Gasteiger partial charge in [0.15, 0.2) is 0 Å². The highest BCUT2D eigenvalue weighted by Gasteiger charge is 2.27. The molecule has 1 aromatic carbocycles. The lowest BCUT2D eigenvalue weighted by atomic mass is 10.1. The lowest BCUT2D eigenvalue weighted by molar-refractivity contribution is 0.144. The monoisotopic (exact) mass is 364 g/mol. The molecular weight excluding hydrogens is 344 g/mol. The van der Waals surface area contributed by atoms with E-state index in [9.17, 15) is 4.79 Å². The number of nitrogens with zero attached hydrogens (tertiary/aromatic N) is 2. The summed E-state index contributed by atoms with van der Waals surface area (Å²) in [4.78, 5) is 20.8.